The molecule has 1 N–H and O–H groups in total. The predicted octanol–water partition coefficient (Wildman–Crippen LogP) is 4.33. The molecule has 2 aliphatic rings. The topological polar surface area (TPSA) is 57.2 Å². The Kier molecular flexibility index (Phi) is 6.97. The lowest BCUT2D eigenvalue weighted by atomic mass is 9.99. The number of ether oxygens (including phenoxy) is 3. The van der Waals surface area contributed by atoms with Crippen molar-refractivity contribution in [3.8, 4) is 0 Å². The lowest BCUT2D eigenvalue weighted by molar-refractivity contribution is -0.316. The highest BCUT2D eigenvalue weighted by molar-refractivity contribution is 7.99. The van der Waals surface area contributed by atoms with E-state index in [1.807, 2.05) is 30.3 Å². The Balaban J connectivity index is 1.85. The van der Waals surface area contributed by atoms with Gasteiger partial charge in [0.1, 0.15) is 29.9 Å². The molecule has 1 aromatic rings. The molecule has 2 aliphatic heterocycles. The van der Waals surface area contributed by atoms with Crippen molar-refractivity contribution < 1.29 is 23.7 Å². The van der Waals surface area contributed by atoms with Crippen LogP contribution in [0.1, 0.15) is 39.5 Å². The maximum absolute atomic E-state index is 11.1. The molecule has 7 heteroatoms. The van der Waals surface area contributed by atoms with E-state index < -0.39 is 26.8 Å². The fourth-order valence-corrected chi connectivity index (χ4v) is 5.50. The quantitative estimate of drug-likeness (QED) is 0.707. The van der Waals surface area contributed by atoms with Gasteiger partial charge in [0.2, 0.25) is 0 Å². The molecule has 5 nitrogen and oxygen atoms in total. The van der Waals surface area contributed by atoms with Gasteiger partial charge < -0.3 is 23.7 Å². The van der Waals surface area contributed by atoms with Gasteiger partial charge in [0.15, 0.2) is 14.6 Å². The average Bonchev–Trinajstić information content (AvgIpc) is 2.65. The van der Waals surface area contributed by atoms with E-state index in [1.165, 1.54) is 0 Å². The van der Waals surface area contributed by atoms with Crippen LogP contribution in [0.2, 0.25) is 18.1 Å². The number of aliphatic hydroxyl groups is 1. The van der Waals surface area contributed by atoms with Gasteiger partial charge in [-0.1, -0.05) is 58.0 Å². The highest BCUT2D eigenvalue weighted by Gasteiger charge is 2.53. The Hall–Kier alpha value is -0.413. The van der Waals surface area contributed by atoms with Crippen molar-refractivity contribution >= 4 is 20.1 Å². The highest BCUT2D eigenvalue weighted by atomic mass is 32.2. The summed E-state index contributed by atoms with van der Waals surface area (Å²) in [5.41, 5.74) is 0.632. The molecule has 0 unspecified atom stereocenters. The lowest BCUT2D eigenvalue weighted by Crippen LogP contribution is -2.64. The molecule has 0 amide bonds. The predicted molar refractivity (Wildman–Crippen MR) is 115 cm³/mol. The molecule has 0 saturated carbocycles. The minimum atomic E-state index is -2.11. The van der Waals surface area contributed by atoms with E-state index in [-0.39, 0.29) is 22.7 Å². The van der Waals surface area contributed by atoms with Crippen molar-refractivity contribution in [3.05, 3.63) is 35.9 Å². The van der Waals surface area contributed by atoms with Crippen molar-refractivity contribution in [2.75, 3.05) is 12.4 Å². The summed E-state index contributed by atoms with van der Waals surface area (Å²) in [6.07, 6.45) is -2.26. The summed E-state index contributed by atoms with van der Waals surface area (Å²) in [6, 6.07) is 9.89. The highest BCUT2D eigenvalue weighted by Crippen LogP contribution is 2.43. The van der Waals surface area contributed by atoms with Crippen LogP contribution >= 0.6 is 11.8 Å². The molecular weight excluding hydrogens is 392 g/mol. The number of benzene rings is 1. The zero-order valence-corrected chi connectivity index (χ0v) is 19.6. The number of hydrogen-bond acceptors (Lipinski definition) is 6. The summed E-state index contributed by atoms with van der Waals surface area (Å²) in [6.45, 7) is 13.5. The van der Waals surface area contributed by atoms with Gasteiger partial charge in [0.05, 0.1) is 6.61 Å². The summed E-state index contributed by atoms with van der Waals surface area (Å²) >= 11 is 1.60. The van der Waals surface area contributed by atoms with Crippen molar-refractivity contribution in [1.29, 1.82) is 0 Å². The van der Waals surface area contributed by atoms with Crippen molar-refractivity contribution in [2.45, 2.75) is 82.0 Å². The van der Waals surface area contributed by atoms with Gasteiger partial charge in [0.25, 0.3) is 0 Å². The third-order valence-electron chi connectivity index (χ3n) is 5.95. The third kappa shape index (κ3) is 4.66. The van der Waals surface area contributed by atoms with E-state index >= 15 is 0 Å². The Bertz CT molecular complexity index is 635. The Labute approximate surface area is 174 Å². The van der Waals surface area contributed by atoms with Gasteiger partial charge >= 0.3 is 0 Å². The molecule has 3 rings (SSSR count). The van der Waals surface area contributed by atoms with Crippen LogP contribution in [-0.2, 0) is 18.6 Å². The minimum absolute atomic E-state index is 0.0396. The van der Waals surface area contributed by atoms with Gasteiger partial charge in [-0.25, -0.2) is 0 Å². The first-order valence-corrected chi connectivity index (χ1v) is 14.0. The smallest absolute Gasteiger partial charge is 0.192 e. The molecule has 2 saturated heterocycles. The SMILES string of the molecule is CCS[C@@H]1O[C@@H]2CO[C@@H](c3ccccc3)O[C@H]2[C@H](O[Si](C)(C)C(C)(C)C)[C@H]1O. The second-order valence-electron chi connectivity index (χ2n) is 9.01. The zero-order valence-electron chi connectivity index (χ0n) is 17.8. The van der Waals surface area contributed by atoms with Gasteiger partial charge in [-0.2, -0.15) is 0 Å². The maximum atomic E-state index is 11.1. The molecule has 0 radical (unpaired) electrons. The molecule has 158 valence electrons. The molecule has 0 aliphatic carbocycles. The lowest BCUT2D eigenvalue weighted by Gasteiger charge is -2.51. The molecule has 0 spiro atoms. The molecule has 0 aromatic heterocycles. The fourth-order valence-electron chi connectivity index (χ4n) is 3.30. The van der Waals surface area contributed by atoms with Gasteiger partial charge in [-0.05, 0) is 23.9 Å². The van der Waals surface area contributed by atoms with Crippen LogP contribution in [0.3, 0.4) is 0 Å². The van der Waals surface area contributed by atoms with Crippen LogP contribution < -0.4 is 0 Å². The van der Waals surface area contributed by atoms with Crippen LogP contribution in [0.15, 0.2) is 30.3 Å². The van der Waals surface area contributed by atoms with Crippen molar-refractivity contribution in [1.82, 2.24) is 0 Å². The first-order chi connectivity index (χ1) is 13.1. The largest absolute Gasteiger partial charge is 0.408 e. The second-order valence-corrected chi connectivity index (χ2v) is 15.1. The molecule has 0 bridgehead atoms. The zero-order chi connectivity index (χ0) is 20.5. The van der Waals surface area contributed by atoms with Crippen molar-refractivity contribution in [2.24, 2.45) is 0 Å². The molecular formula is C21H34O5SSi. The number of hydrogen-bond donors (Lipinski definition) is 1. The van der Waals surface area contributed by atoms with Gasteiger partial charge in [0, 0.05) is 5.56 Å². The third-order valence-corrected chi connectivity index (χ3v) is 11.5. The van der Waals surface area contributed by atoms with Gasteiger partial charge in [-0.15, -0.1) is 11.8 Å². The minimum Gasteiger partial charge on any atom is -0.408 e. The molecule has 6 atom stereocenters. The van der Waals surface area contributed by atoms with Crippen molar-refractivity contribution in [3.63, 3.8) is 0 Å². The molecule has 2 fully saturated rings. The van der Waals surface area contributed by atoms with E-state index in [1.54, 1.807) is 11.8 Å². The van der Waals surface area contributed by atoms with E-state index in [2.05, 4.69) is 40.8 Å². The van der Waals surface area contributed by atoms with Crippen LogP contribution in [0.25, 0.3) is 0 Å². The monoisotopic (exact) mass is 426 g/mol. The van der Waals surface area contributed by atoms with Crippen LogP contribution in [0.4, 0.5) is 0 Å². The average molecular weight is 427 g/mol. The Morgan fingerprint density at radius 3 is 2.46 bits per heavy atom. The standard InChI is InChI=1S/C21H34O5SSi/c1-7-27-20-16(22)18(26-28(5,6)21(2,3)4)17-15(24-20)13-23-19(25-17)14-11-9-8-10-12-14/h8-12,15-20,22H,7,13H2,1-6H3/t15-,16-,17-,18-,19-,20+/m1/s1. The first kappa shape index (κ1) is 22.3. The number of thioether (sulfide) groups is 1. The second kappa shape index (κ2) is 8.76. The summed E-state index contributed by atoms with van der Waals surface area (Å²) < 4.78 is 25.1. The number of rotatable bonds is 5. The van der Waals surface area contributed by atoms with Crippen LogP contribution in [0.5, 0.6) is 0 Å². The van der Waals surface area contributed by atoms with Crippen LogP contribution in [0, 0.1) is 0 Å². The van der Waals surface area contributed by atoms with E-state index in [0.717, 1.165) is 11.3 Å². The number of fused-ring (bicyclic) bond motifs is 1. The maximum Gasteiger partial charge on any atom is 0.192 e. The van der Waals surface area contributed by atoms with E-state index in [9.17, 15) is 5.11 Å². The molecule has 28 heavy (non-hydrogen) atoms. The molecule has 2 heterocycles. The summed E-state index contributed by atoms with van der Waals surface area (Å²) in [4.78, 5) is 0. The number of aliphatic hydroxyl groups excluding tert-OH is 1. The van der Waals surface area contributed by atoms with E-state index in [4.69, 9.17) is 18.6 Å². The molecule has 1 aromatic carbocycles. The summed E-state index contributed by atoms with van der Waals surface area (Å²) in [7, 11) is -2.11. The van der Waals surface area contributed by atoms with E-state index in [0.29, 0.717) is 6.61 Å². The Morgan fingerprint density at radius 1 is 1.18 bits per heavy atom. The summed E-state index contributed by atoms with van der Waals surface area (Å²) in [5, 5.41) is 11.2. The normalized spacial score (nSPS) is 34.1. The summed E-state index contributed by atoms with van der Waals surface area (Å²) in [5.74, 6) is 0.861. The Morgan fingerprint density at radius 2 is 1.86 bits per heavy atom. The van der Waals surface area contributed by atoms with Gasteiger partial charge in [-0.3, -0.25) is 0 Å². The van der Waals surface area contributed by atoms with Crippen LogP contribution in [-0.4, -0.2) is 55.6 Å². The first-order valence-electron chi connectivity index (χ1n) is 10.1. The fraction of sp³-hybridized carbons (Fsp3) is 0.714.